The van der Waals surface area contributed by atoms with Crippen LogP contribution in [0.3, 0.4) is 0 Å². The summed E-state index contributed by atoms with van der Waals surface area (Å²) >= 11 is 0. The second-order valence-corrected chi connectivity index (χ2v) is 6.14. The van der Waals surface area contributed by atoms with Crippen molar-refractivity contribution in [1.82, 2.24) is 0 Å². The van der Waals surface area contributed by atoms with Crippen LogP contribution in [-0.4, -0.2) is 5.91 Å². The molecule has 2 aromatic carbocycles. The molecular weight excluding hydrogens is 277 g/mol. The van der Waals surface area contributed by atoms with E-state index in [2.05, 4.69) is 0 Å². The maximum absolute atomic E-state index is 14.3. The zero-order valence-electron chi connectivity index (χ0n) is 12.9. The van der Waals surface area contributed by atoms with Crippen LogP contribution in [0.5, 0.6) is 0 Å². The zero-order chi connectivity index (χ0) is 15.7. The van der Waals surface area contributed by atoms with Gasteiger partial charge in [-0.3, -0.25) is 9.69 Å². The largest absolute Gasteiger partial charge is 0.281 e. The van der Waals surface area contributed by atoms with E-state index in [4.69, 9.17) is 0 Å². The van der Waals surface area contributed by atoms with Crippen molar-refractivity contribution >= 4 is 17.3 Å². The molecule has 1 fully saturated rings. The third-order valence-electron chi connectivity index (χ3n) is 4.03. The minimum Gasteiger partial charge on any atom is -0.281 e. The first-order valence-electron chi connectivity index (χ1n) is 7.76. The topological polar surface area (TPSA) is 20.3 Å². The van der Waals surface area contributed by atoms with Gasteiger partial charge in [-0.15, -0.1) is 0 Å². The average molecular weight is 297 g/mol. The summed E-state index contributed by atoms with van der Waals surface area (Å²) < 4.78 is 14.3. The molecule has 114 valence electrons. The molecule has 1 aliphatic carbocycles. The van der Waals surface area contributed by atoms with E-state index in [9.17, 15) is 9.18 Å². The molecule has 2 nitrogen and oxygen atoms in total. The van der Waals surface area contributed by atoms with Crippen LogP contribution in [0.2, 0.25) is 0 Å². The van der Waals surface area contributed by atoms with Gasteiger partial charge in [0, 0.05) is 11.6 Å². The Labute approximate surface area is 130 Å². The minimum atomic E-state index is -0.253. The Kier molecular flexibility index (Phi) is 3.97. The number of carbonyl (C=O) groups excluding carboxylic acids is 1. The van der Waals surface area contributed by atoms with Crippen LogP contribution in [0.15, 0.2) is 48.5 Å². The Morgan fingerprint density at radius 2 is 1.77 bits per heavy atom. The lowest BCUT2D eigenvalue weighted by Gasteiger charge is -2.24. The predicted molar refractivity (Wildman–Crippen MR) is 86.8 cm³/mol. The number of nitrogens with zero attached hydrogens (tertiary/aromatic N) is 1. The van der Waals surface area contributed by atoms with Gasteiger partial charge in [-0.1, -0.05) is 38.1 Å². The fourth-order valence-electron chi connectivity index (χ4n) is 2.62. The summed E-state index contributed by atoms with van der Waals surface area (Å²) in [5, 5.41) is 0. The van der Waals surface area contributed by atoms with Crippen molar-refractivity contribution < 1.29 is 9.18 Å². The number of amides is 1. The monoisotopic (exact) mass is 297 g/mol. The van der Waals surface area contributed by atoms with Gasteiger partial charge in [-0.05, 0) is 48.6 Å². The molecule has 1 aliphatic rings. The summed E-state index contributed by atoms with van der Waals surface area (Å²) in [6, 6.07) is 14.6. The molecule has 0 aromatic heterocycles. The van der Waals surface area contributed by atoms with E-state index in [0.29, 0.717) is 11.3 Å². The van der Waals surface area contributed by atoms with Crippen molar-refractivity contribution in [3.05, 3.63) is 59.9 Å². The van der Waals surface area contributed by atoms with Crippen molar-refractivity contribution in [2.24, 2.45) is 5.92 Å². The van der Waals surface area contributed by atoms with Crippen molar-refractivity contribution in [3.63, 3.8) is 0 Å². The van der Waals surface area contributed by atoms with E-state index in [1.165, 1.54) is 6.07 Å². The van der Waals surface area contributed by atoms with Crippen LogP contribution in [-0.2, 0) is 4.79 Å². The molecule has 3 heteroatoms. The summed E-state index contributed by atoms with van der Waals surface area (Å²) in [5.74, 6) is 0.00586. The Hall–Kier alpha value is -2.16. The molecule has 0 radical (unpaired) electrons. The van der Waals surface area contributed by atoms with Crippen LogP contribution in [0.25, 0.3) is 0 Å². The maximum atomic E-state index is 14.3. The van der Waals surface area contributed by atoms with Crippen LogP contribution in [0, 0.1) is 11.7 Å². The van der Waals surface area contributed by atoms with Crippen LogP contribution in [0.4, 0.5) is 15.8 Å². The fourth-order valence-corrected chi connectivity index (χ4v) is 2.62. The number of halogens is 1. The molecule has 0 atom stereocenters. The van der Waals surface area contributed by atoms with E-state index in [-0.39, 0.29) is 23.6 Å². The number of anilines is 2. The normalized spacial score (nSPS) is 14.2. The molecule has 0 aliphatic heterocycles. The maximum Gasteiger partial charge on any atom is 0.234 e. The number of hydrogen-bond acceptors (Lipinski definition) is 1. The van der Waals surface area contributed by atoms with Crippen molar-refractivity contribution in [1.29, 1.82) is 0 Å². The second-order valence-electron chi connectivity index (χ2n) is 6.14. The lowest BCUT2D eigenvalue weighted by Crippen LogP contribution is -2.27. The van der Waals surface area contributed by atoms with Gasteiger partial charge in [-0.25, -0.2) is 4.39 Å². The molecular formula is C19H20FNO. The van der Waals surface area contributed by atoms with Gasteiger partial charge >= 0.3 is 0 Å². The van der Waals surface area contributed by atoms with Crippen LogP contribution < -0.4 is 4.90 Å². The van der Waals surface area contributed by atoms with E-state index in [0.717, 1.165) is 18.5 Å². The lowest BCUT2D eigenvalue weighted by molar-refractivity contribution is -0.119. The van der Waals surface area contributed by atoms with Crippen LogP contribution >= 0.6 is 0 Å². The molecule has 1 saturated carbocycles. The third-order valence-corrected chi connectivity index (χ3v) is 4.03. The van der Waals surface area contributed by atoms with Crippen LogP contribution in [0.1, 0.15) is 38.2 Å². The minimum absolute atomic E-state index is 0.0582. The highest BCUT2D eigenvalue weighted by Gasteiger charge is 2.35. The molecule has 1 amide bonds. The summed E-state index contributed by atoms with van der Waals surface area (Å²) in [4.78, 5) is 14.3. The Balaban J connectivity index is 2.02. The lowest BCUT2D eigenvalue weighted by atomic mass is 10.0. The van der Waals surface area contributed by atoms with Gasteiger partial charge in [0.15, 0.2) is 0 Å². The molecule has 0 unspecified atom stereocenters. The van der Waals surface area contributed by atoms with Gasteiger partial charge in [0.25, 0.3) is 0 Å². The van der Waals surface area contributed by atoms with Crippen molar-refractivity contribution in [2.45, 2.75) is 32.6 Å². The molecule has 22 heavy (non-hydrogen) atoms. The third kappa shape index (κ3) is 2.89. The number of hydrogen-bond donors (Lipinski definition) is 0. The SMILES string of the molecule is CC(C)c1ccc(N(C(=O)C2CC2)c2ccccc2)cc1F. The highest BCUT2D eigenvalue weighted by molar-refractivity contribution is 6.02. The molecule has 0 bridgehead atoms. The van der Waals surface area contributed by atoms with Gasteiger partial charge in [0.2, 0.25) is 5.91 Å². The van der Waals surface area contributed by atoms with E-state index in [1.54, 1.807) is 11.0 Å². The van der Waals surface area contributed by atoms with E-state index >= 15 is 0 Å². The molecule has 0 spiro atoms. The second kappa shape index (κ2) is 5.91. The quantitative estimate of drug-likeness (QED) is 0.775. The fraction of sp³-hybridized carbons (Fsp3) is 0.316. The standard InChI is InChI=1S/C19H20FNO/c1-13(2)17-11-10-16(12-18(17)20)21(19(22)14-8-9-14)15-6-4-3-5-7-15/h3-7,10-14H,8-9H2,1-2H3. The summed E-state index contributed by atoms with van der Waals surface area (Å²) in [6.07, 6.45) is 1.85. The zero-order valence-corrected chi connectivity index (χ0v) is 12.9. The highest BCUT2D eigenvalue weighted by atomic mass is 19.1. The Bertz CT molecular complexity index is 677. The molecule has 0 saturated heterocycles. The Morgan fingerprint density at radius 1 is 1.09 bits per heavy atom. The number of carbonyl (C=O) groups is 1. The summed E-state index contributed by atoms with van der Waals surface area (Å²) in [7, 11) is 0. The predicted octanol–water partition coefficient (Wildman–Crippen LogP) is 5.02. The number of benzene rings is 2. The molecule has 2 aromatic rings. The Morgan fingerprint density at radius 3 is 2.32 bits per heavy atom. The molecule has 3 rings (SSSR count). The average Bonchev–Trinajstić information content (AvgIpc) is 3.33. The first-order valence-corrected chi connectivity index (χ1v) is 7.76. The molecule has 0 heterocycles. The van der Waals surface area contributed by atoms with Gasteiger partial charge in [-0.2, -0.15) is 0 Å². The van der Waals surface area contributed by atoms with Gasteiger partial charge < -0.3 is 0 Å². The first-order chi connectivity index (χ1) is 10.6. The van der Waals surface area contributed by atoms with Gasteiger partial charge in [0.05, 0.1) is 5.69 Å². The van der Waals surface area contributed by atoms with E-state index in [1.807, 2.05) is 50.2 Å². The number of para-hydroxylation sites is 1. The summed E-state index contributed by atoms with van der Waals surface area (Å²) in [5.41, 5.74) is 2.07. The first kappa shape index (κ1) is 14.8. The van der Waals surface area contributed by atoms with Crippen molar-refractivity contribution in [3.8, 4) is 0 Å². The summed E-state index contributed by atoms with van der Waals surface area (Å²) in [6.45, 7) is 3.92. The molecule has 0 N–H and O–H groups in total. The van der Waals surface area contributed by atoms with Gasteiger partial charge in [0.1, 0.15) is 5.82 Å². The number of rotatable bonds is 4. The van der Waals surface area contributed by atoms with Crippen molar-refractivity contribution in [2.75, 3.05) is 4.90 Å². The highest BCUT2D eigenvalue weighted by Crippen LogP contribution is 2.37. The van der Waals surface area contributed by atoms with E-state index < -0.39 is 0 Å². The smallest absolute Gasteiger partial charge is 0.234 e.